The molecule has 7 nitrogen and oxygen atoms in total. The molecular weight excluding hydrogens is 316 g/mol. The van der Waals surface area contributed by atoms with Crippen LogP contribution in [0.2, 0.25) is 0 Å². The van der Waals surface area contributed by atoms with E-state index in [0.29, 0.717) is 11.3 Å². The van der Waals surface area contributed by atoms with Crippen molar-refractivity contribution in [2.24, 2.45) is 5.14 Å². The fourth-order valence-electron chi connectivity index (χ4n) is 1.83. The molecule has 0 bridgehead atoms. The van der Waals surface area contributed by atoms with Crippen LogP contribution in [0.3, 0.4) is 0 Å². The smallest absolute Gasteiger partial charge is 0.238 e. The molecule has 3 N–H and O–H groups in total. The molecule has 0 spiro atoms. The van der Waals surface area contributed by atoms with Gasteiger partial charge in [-0.3, -0.25) is 0 Å². The van der Waals surface area contributed by atoms with E-state index in [1.165, 1.54) is 18.2 Å². The van der Waals surface area contributed by atoms with Gasteiger partial charge in [-0.1, -0.05) is 0 Å². The predicted molar refractivity (Wildman–Crippen MR) is 77.9 cm³/mol. The summed E-state index contributed by atoms with van der Waals surface area (Å²) in [6.07, 6.45) is 0. The number of ether oxygens (including phenoxy) is 1. The highest BCUT2D eigenvalue weighted by Crippen LogP contribution is 2.35. The normalized spacial score (nSPS) is 19.1. The third kappa shape index (κ3) is 3.20. The van der Waals surface area contributed by atoms with Crippen LogP contribution in [-0.4, -0.2) is 28.2 Å². The van der Waals surface area contributed by atoms with Crippen molar-refractivity contribution in [1.82, 2.24) is 4.72 Å². The Kier molecular flexibility index (Phi) is 3.81. The second-order valence-electron chi connectivity index (χ2n) is 5.84. The van der Waals surface area contributed by atoms with Crippen LogP contribution in [0.5, 0.6) is 5.75 Å². The van der Waals surface area contributed by atoms with Gasteiger partial charge in [0.05, 0.1) is 15.7 Å². The lowest BCUT2D eigenvalue weighted by Gasteiger charge is -2.22. The maximum Gasteiger partial charge on any atom is 0.238 e. The summed E-state index contributed by atoms with van der Waals surface area (Å²) in [4.78, 5) is -0.0771. The predicted octanol–water partition coefficient (Wildman–Crippen LogP) is 0.485. The molecule has 0 aromatic heterocycles. The molecule has 0 saturated heterocycles. The van der Waals surface area contributed by atoms with Crippen LogP contribution in [0.4, 0.5) is 0 Å². The van der Waals surface area contributed by atoms with E-state index in [-0.39, 0.29) is 11.5 Å². The molecule has 0 amide bonds. The number of hydrogen-bond acceptors (Lipinski definition) is 5. The SMILES string of the molecule is CC(C)(C)S(=O)(=O)NC1COc2ccc(S(N)(=O)=O)cc21. The molecule has 1 heterocycles. The number of nitrogens with two attached hydrogens (primary N) is 1. The van der Waals surface area contributed by atoms with Gasteiger partial charge in [-0.25, -0.2) is 26.7 Å². The van der Waals surface area contributed by atoms with Gasteiger partial charge in [-0.05, 0) is 39.0 Å². The minimum absolute atomic E-state index is 0.0771. The van der Waals surface area contributed by atoms with Gasteiger partial charge in [0, 0.05) is 5.56 Å². The van der Waals surface area contributed by atoms with Crippen LogP contribution >= 0.6 is 0 Å². The first kappa shape index (κ1) is 16.2. The van der Waals surface area contributed by atoms with Crippen LogP contribution < -0.4 is 14.6 Å². The first-order valence-electron chi connectivity index (χ1n) is 6.23. The fourth-order valence-corrected chi connectivity index (χ4v) is 3.30. The molecule has 1 unspecified atom stereocenters. The van der Waals surface area contributed by atoms with E-state index in [1.54, 1.807) is 20.8 Å². The zero-order valence-electron chi connectivity index (χ0n) is 12.0. The Hall–Kier alpha value is -1.16. The van der Waals surface area contributed by atoms with Crippen molar-refractivity contribution >= 4 is 20.0 Å². The molecule has 1 aromatic carbocycles. The van der Waals surface area contributed by atoms with E-state index in [4.69, 9.17) is 9.88 Å². The van der Waals surface area contributed by atoms with Crippen molar-refractivity contribution in [2.45, 2.75) is 36.5 Å². The lowest BCUT2D eigenvalue weighted by Crippen LogP contribution is -2.41. The summed E-state index contributed by atoms with van der Waals surface area (Å²) in [6.45, 7) is 4.84. The van der Waals surface area contributed by atoms with Crippen LogP contribution in [0.25, 0.3) is 0 Å². The number of primary sulfonamides is 1. The Bertz CT molecular complexity index is 763. The van der Waals surface area contributed by atoms with Crippen molar-refractivity contribution in [2.75, 3.05) is 6.61 Å². The number of nitrogens with one attached hydrogen (secondary N) is 1. The average Bonchev–Trinajstić information content (AvgIpc) is 2.68. The van der Waals surface area contributed by atoms with Gasteiger partial charge >= 0.3 is 0 Å². The Balaban J connectivity index is 2.39. The van der Waals surface area contributed by atoms with E-state index in [1.807, 2.05) is 0 Å². The van der Waals surface area contributed by atoms with Crippen molar-refractivity contribution < 1.29 is 21.6 Å². The van der Waals surface area contributed by atoms with Gasteiger partial charge in [0.25, 0.3) is 0 Å². The topological polar surface area (TPSA) is 116 Å². The quantitative estimate of drug-likeness (QED) is 0.834. The van der Waals surface area contributed by atoms with Gasteiger partial charge < -0.3 is 4.74 Å². The van der Waals surface area contributed by atoms with Crippen molar-refractivity contribution in [3.8, 4) is 5.75 Å². The number of hydrogen-bond donors (Lipinski definition) is 2. The first-order chi connectivity index (χ1) is 9.42. The van der Waals surface area contributed by atoms with E-state index in [2.05, 4.69) is 4.72 Å². The second-order valence-corrected chi connectivity index (χ2v) is 9.87. The average molecular weight is 334 g/mol. The molecule has 21 heavy (non-hydrogen) atoms. The largest absolute Gasteiger partial charge is 0.491 e. The molecular formula is C12H18N2O5S2. The van der Waals surface area contributed by atoms with Gasteiger partial charge in [-0.2, -0.15) is 0 Å². The molecule has 2 rings (SSSR count). The summed E-state index contributed by atoms with van der Waals surface area (Å²) >= 11 is 0. The molecule has 0 fully saturated rings. The number of fused-ring (bicyclic) bond motifs is 1. The minimum atomic E-state index is -3.85. The monoisotopic (exact) mass is 334 g/mol. The summed E-state index contributed by atoms with van der Waals surface area (Å²) in [5, 5.41) is 5.09. The van der Waals surface area contributed by atoms with E-state index in [9.17, 15) is 16.8 Å². The summed E-state index contributed by atoms with van der Waals surface area (Å²) in [7, 11) is -7.44. The van der Waals surface area contributed by atoms with E-state index < -0.39 is 30.8 Å². The molecule has 9 heteroatoms. The summed E-state index contributed by atoms with van der Waals surface area (Å²) in [5.74, 6) is 0.448. The molecule has 1 aliphatic rings. The summed E-state index contributed by atoms with van der Waals surface area (Å²) in [5.41, 5.74) is 0.467. The Morgan fingerprint density at radius 3 is 2.38 bits per heavy atom. The summed E-state index contributed by atoms with van der Waals surface area (Å²) in [6, 6.07) is 3.51. The van der Waals surface area contributed by atoms with Gasteiger partial charge in [0.15, 0.2) is 0 Å². The molecule has 0 saturated carbocycles. The standard InChI is InChI=1S/C12H18N2O5S2/c1-12(2,3)21(17,18)14-10-7-19-11-5-4-8(6-9(10)11)20(13,15)16/h4-6,10,14H,7H2,1-3H3,(H2,13,15,16). The lowest BCUT2D eigenvalue weighted by atomic mass is 10.1. The van der Waals surface area contributed by atoms with Crippen LogP contribution in [0, 0.1) is 0 Å². The molecule has 0 radical (unpaired) electrons. The zero-order valence-corrected chi connectivity index (χ0v) is 13.6. The maximum absolute atomic E-state index is 12.2. The molecule has 118 valence electrons. The highest BCUT2D eigenvalue weighted by molar-refractivity contribution is 7.90. The molecule has 1 aromatic rings. The minimum Gasteiger partial charge on any atom is -0.491 e. The first-order valence-corrected chi connectivity index (χ1v) is 9.26. The Morgan fingerprint density at radius 2 is 1.86 bits per heavy atom. The van der Waals surface area contributed by atoms with Crippen molar-refractivity contribution in [3.05, 3.63) is 23.8 Å². The van der Waals surface area contributed by atoms with Crippen LogP contribution in [0.1, 0.15) is 32.4 Å². The van der Waals surface area contributed by atoms with Crippen LogP contribution in [-0.2, 0) is 20.0 Å². The Labute approximate surface area is 124 Å². The Morgan fingerprint density at radius 1 is 1.24 bits per heavy atom. The van der Waals surface area contributed by atoms with Crippen molar-refractivity contribution in [3.63, 3.8) is 0 Å². The van der Waals surface area contributed by atoms with Gasteiger partial charge in [0.2, 0.25) is 20.0 Å². The zero-order chi connectivity index (χ0) is 16.1. The molecule has 0 aliphatic carbocycles. The van der Waals surface area contributed by atoms with Gasteiger partial charge in [0.1, 0.15) is 12.4 Å². The highest BCUT2D eigenvalue weighted by atomic mass is 32.2. The van der Waals surface area contributed by atoms with E-state index in [0.717, 1.165) is 0 Å². The van der Waals surface area contributed by atoms with E-state index >= 15 is 0 Å². The fraction of sp³-hybridized carbons (Fsp3) is 0.500. The van der Waals surface area contributed by atoms with Crippen LogP contribution in [0.15, 0.2) is 23.1 Å². The number of benzene rings is 1. The third-order valence-corrected chi connectivity index (χ3v) is 6.31. The third-order valence-electron chi connectivity index (χ3n) is 3.19. The summed E-state index contributed by atoms with van der Waals surface area (Å²) < 4.78 is 54.1. The molecule has 1 atom stereocenters. The highest BCUT2D eigenvalue weighted by Gasteiger charge is 2.35. The van der Waals surface area contributed by atoms with Gasteiger partial charge in [-0.15, -0.1) is 0 Å². The number of rotatable bonds is 3. The molecule has 1 aliphatic heterocycles. The maximum atomic E-state index is 12.2. The van der Waals surface area contributed by atoms with Crippen molar-refractivity contribution in [1.29, 1.82) is 0 Å². The lowest BCUT2D eigenvalue weighted by molar-refractivity contribution is 0.324. The second kappa shape index (κ2) is 4.94. The number of sulfonamides is 2.